The third-order valence-electron chi connectivity index (χ3n) is 6.18. The van der Waals surface area contributed by atoms with Gasteiger partial charge in [-0.25, -0.2) is 0 Å². The molecule has 0 saturated carbocycles. The van der Waals surface area contributed by atoms with Gasteiger partial charge in [-0.3, -0.25) is 0 Å². The van der Waals surface area contributed by atoms with Crippen LogP contribution in [-0.4, -0.2) is 0 Å². The molecule has 0 aliphatic heterocycles. The second-order valence-corrected chi connectivity index (χ2v) is 8.99. The van der Waals surface area contributed by atoms with Crippen molar-refractivity contribution in [1.29, 1.82) is 0 Å². The number of hydrogen-bond acceptors (Lipinski definition) is 4. The fourth-order valence-corrected chi connectivity index (χ4v) is 4.33. The highest BCUT2D eigenvalue weighted by Gasteiger charge is 2.08. The highest BCUT2D eigenvalue weighted by Crippen LogP contribution is 2.28. The van der Waals surface area contributed by atoms with Gasteiger partial charge in [-0.15, -0.1) is 0 Å². The number of nitrogens with two attached hydrogens (primary N) is 2. The standard InChI is InChI=1S/C32H30N4/c33-27-15-17-31(35-29-7-3-1-4-8-29)25(21-27)19-23-11-13-24(14-12-23)20-26-22-28(34)16-18-32(26)36-30-9-5-2-6-10-30/h1-18,21-22,35-36H,19-20,33-34H2. The molecule has 0 aliphatic carbocycles. The van der Waals surface area contributed by atoms with Gasteiger partial charge >= 0.3 is 0 Å². The topological polar surface area (TPSA) is 76.1 Å². The lowest BCUT2D eigenvalue weighted by Gasteiger charge is -2.15. The normalized spacial score (nSPS) is 10.7. The minimum atomic E-state index is 0.764. The monoisotopic (exact) mass is 470 g/mol. The molecule has 4 nitrogen and oxygen atoms in total. The fraction of sp³-hybridized carbons (Fsp3) is 0.0625. The van der Waals surface area contributed by atoms with Crippen LogP contribution in [0.3, 0.4) is 0 Å². The molecule has 5 rings (SSSR count). The van der Waals surface area contributed by atoms with Crippen LogP contribution in [0.5, 0.6) is 0 Å². The van der Waals surface area contributed by atoms with Crippen LogP contribution in [0, 0.1) is 0 Å². The molecule has 0 aromatic heterocycles. The lowest BCUT2D eigenvalue weighted by Crippen LogP contribution is -2.00. The largest absolute Gasteiger partial charge is 0.399 e. The summed E-state index contributed by atoms with van der Waals surface area (Å²) < 4.78 is 0. The van der Waals surface area contributed by atoms with Gasteiger partial charge in [0.2, 0.25) is 0 Å². The van der Waals surface area contributed by atoms with Crippen LogP contribution < -0.4 is 22.1 Å². The number of benzene rings is 5. The Hall–Kier alpha value is -4.70. The van der Waals surface area contributed by atoms with Gasteiger partial charge < -0.3 is 22.1 Å². The predicted octanol–water partition coefficient (Wildman–Crippen LogP) is 7.52. The van der Waals surface area contributed by atoms with Crippen LogP contribution in [-0.2, 0) is 12.8 Å². The molecule has 0 unspecified atom stereocenters. The van der Waals surface area contributed by atoms with E-state index in [0.29, 0.717) is 0 Å². The minimum absolute atomic E-state index is 0.764. The summed E-state index contributed by atoms with van der Waals surface area (Å²) in [5, 5.41) is 7.04. The van der Waals surface area contributed by atoms with E-state index in [2.05, 4.69) is 59.2 Å². The zero-order valence-electron chi connectivity index (χ0n) is 20.1. The van der Waals surface area contributed by atoms with Crippen molar-refractivity contribution in [3.05, 3.63) is 144 Å². The Morgan fingerprint density at radius 3 is 1.22 bits per heavy atom. The van der Waals surface area contributed by atoms with Crippen LogP contribution >= 0.6 is 0 Å². The maximum Gasteiger partial charge on any atom is 0.0421 e. The molecule has 0 bridgehead atoms. The predicted molar refractivity (Wildman–Crippen MR) is 153 cm³/mol. The Labute approximate surface area is 212 Å². The summed E-state index contributed by atoms with van der Waals surface area (Å²) in [6.07, 6.45) is 1.58. The number of nitrogen functional groups attached to an aromatic ring is 2. The van der Waals surface area contributed by atoms with Crippen LogP contribution in [0.1, 0.15) is 22.3 Å². The molecule has 0 spiro atoms. The van der Waals surface area contributed by atoms with E-state index < -0.39 is 0 Å². The van der Waals surface area contributed by atoms with E-state index >= 15 is 0 Å². The maximum atomic E-state index is 6.12. The first kappa shape index (κ1) is 23.1. The second kappa shape index (κ2) is 10.7. The van der Waals surface area contributed by atoms with Crippen LogP contribution in [0.25, 0.3) is 0 Å². The van der Waals surface area contributed by atoms with E-state index in [1.807, 2.05) is 72.8 Å². The van der Waals surface area contributed by atoms with Gasteiger partial charge in [-0.1, -0.05) is 60.7 Å². The van der Waals surface area contributed by atoms with E-state index in [9.17, 15) is 0 Å². The van der Waals surface area contributed by atoms with E-state index in [1.54, 1.807) is 0 Å². The van der Waals surface area contributed by atoms with Gasteiger partial charge in [0.05, 0.1) is 0 Å². The summed E-state index contributed by atoms with van der Waals surface area (Å²) in [7, 11) is 0. The summed E-state index contributed by atoms with van der Waals surface area (Å²) in [6.45, 7) is 0. The zero-order chi connectivity index (χ0) is 24.7. The Morgan fingerprint density at radius 2 is 0.833 bits per heavy atom. The van der Waals surface area contributed by atoms with E-state index in [0.717, 1.165) is 58.1 Å². The Bertz CT molecular complexity index is 1320. The molecule has 0 saturated heterocycles. The highest BCUT2D eigenvalue weighted by molar-refractivity contribution is 5.68. The summed E-state index contributed by atoms with van der Waals surface area (Å²) in [6, 6.07) is 41.2. The van der Waals surface area contributed by atoms with E-state index in [1.165, 1.54) is 11.1 Å². The van der Waals surface area contributed by atoms with E-state index in [-0.39, 0.29) is 0 Å². The summed E-state index contributed by atoms with van der Waals surface area (Å²) in [5.74, 6) is 0. The lowest BCUT2D eigenvalue weighted by atomic mass is 9.98. The van der Waals surface area contributed by atoms with Crippen molar-refractivity contribution < 1.29 is 0 Å². The molecule has 4 heteroatoms. The Balaban J connectivity index is 1.33. The highest BCUT2D eigenvalue weighted by atomic mass is 14.9. The fourth-order valence-electron chi connectivity index (χ4n) is 4.33. The van der Waals surface area contributed by atoms with Crippen LogP contribution in [0.15, 0.2) is 121 Å². The molecule has 178 valence electrons. The van der Waals surface area contributed by atoms with Gasteiger partial charge in [0, 0.05) is 34.1 Å². The number of nitrogens with one attached hydrogen (secondary N) is 2. The van der Waals surface area contributed by atoms with Gasteiger partial charge in [-0.05, 0) is 95.8 Å². The lowest BCUT2D eigenvalue weighted by molar-refractivity contribution is 1.15. The quantitative estimate of drug-likeness (QED) is 0.177. The molecule has 5 aromatic rings. The van der Waals surface area contributed by atoms with Crippen molar-refractivity contribution in [2.75, 3.05) is 22.1 Å². The molecular weight excluding hydrogens is 440 g/mol. The van der Waals surface area contributed by atoms with E-state index in [4.69, 9.17) is 11.5 Å². The van der Waals surface area contributed by atoms with Crippen molar-refractivity contribution in [2.45, 2.75) is 12.8 Å². The molecular formula is C32H30N4. The van der Waals surface area contributed by atoms with Crippen LogP contribution in [0.2, 0.25) is 0 Å². The maximum absolute atomic E-state index is 6.12. The third-order valence-corrected chi connectivity index (χ3v) is 6.18. The van der Waals surface area contributed by atoms with Crippen molar-refractivity contribution in [2.24, 2.45) is 0 Å². The Morgan fingerprint density at radius 1 is 0.444 bits per heavy atom. The van der Waals surface area contributed by atoms with Crippen molar-refractivity contribution in [3.63, 3.8) is 0 Å². The van der Waals surface area contributed by atoms with Gasteiger partial charge in [0.15, 0.2) is 0 Å². The van der Waals surface area contributed by atoms with Crippen LogP contribution in [0.4, 0.5) is 34.1 Å². The molecule has 0 fully saturated rings. The number of hydrogen-bond donors (Lipinski definition) is 4. The first-order valence-corrected chi connectivity index (χ1v) is 12.1. The first-order chi connectivity index (χ1) is 17.6. The summed E-state index contributed by atoms with van der Waals surface area (Å²) in [4.78, 5) is 0. The average Bonchev–Trinajstić information content (AvgIpc) is 2.90. The molecule has 5 aromatic carbocycles. The number of rotatable bonds is 8. The van der Waals surface area contributed by atoms with Gasteiger partial charge in [-0.2, -0.15) is 0 Å². The molecule has 0 aliphatic rings. The van der Waals surface area contributed by atoms with Crippen molar-refractivity contribution in [1.82, 2.24) is 0 Å². The molecule has 0 atom stereocenters. The van der Waals surface area contributed by atoms with Crippen molar-refractivity contribution in [3.8, 4) is 0 Å². The SMILES string of the molecule is Nc1ccc(Nc2ccccc2)c(Cc2ccc(Cc3cc(N)ccc3Nc3ccccc3)cc2)c1. The molecule has 6 N–H and O–H groups in total. The first-order valence-electron chi connectivity index (χ1n) is 12.1. The average molecular weight is 471 g/mol. The molecule has 0 radical (unpaired) electrons. The number of para-hydroxylation sites is 2. The number of anilines is 6. The summed E-state index contributed by atoms with van der Waals surface area (Å²) in [5.41, 5.74) is 22.8. The van der Waals surface area contributed by atoms with Gasteiger partial charge in [0.25, 0.3) is 0 Å². The molecule has 0 amide bonds. The molecule has 0 heterocycles. The summed E-state index contributed by atoms with van der Waals surface area (Å²) >= 11 is 0. The third kappa shape index (κ3) is 5.86. The Kier molecular flexibility index (Phi) is 6.86. The smallest absolute Gasteiger partial charge is 0.0421 e. The molecule has 36 heavy (non-hydrogen) atoms. The van der Waals surface area contributed by atoms with Crippen molar-refractivity contribution >= 4 is 34.1 Å². The zero-order valence-corrected chi connectivity index (χ0v) is 20.1. The van der Waals surface area contributed by atoms with Gasteiger partial charge in [0.1, 0.15) is 0 Å². The minimum Gasteiger partial charge on any atom is -0.399 e. The second-order valence-electron chi connectivity index (χ2n) is 8.99.